The van der Waals surface area contributed by atoms with Crippen molar-refractivity contribution in [2.75, 3.05) is 5.32 Å². The van der Waals surface area contributed by atoms with E-state index in [0.29, 0.717) is 34.4 Å². The van der Waals surface area contributed by atoms with Crippen LogP contribution in [-0.4, -0.2) is 21.4 Å². The first-order chi connectivity index (χ1) is 20.0. The predicted octanol–water partition coefficient (Wildman–Crippen LogP) is 5.15. The standard InChI is InChI=1S/C33H33N5O4/c1-20-36-29-15-24-10-13-28(26(24)16-27(29)31(40)38(20)19-42-32(41)33(2,3)4)37-25-11-8-23(9-12-25)30(39)35-18-22-7-5-6-21(14-22)17-34/h5-9,11-12,14-16,28,37H,10,13,18-19H2,1-4H3,(H,35,39). The number of nitrogens with one attached hydrogen (secondary N) is 2. The molecule has 0 saturated heterocycles. The lowest BCUT2D eigenvalue weighted by Crippen LogP contribution is -2.30. The summed E-state index contributed by atoms with van der Waals surface area (Å²) in [5, 5.41) is 16.0. The van der Waals surface area contributed by atoms with E-state index in [1.54, 1.807) is 58.0 Å². The van der Waals surface area contributed by atoms with E-state index in [4.69, 9.17) is 10.00 Å². The Balaban J connectivity index is 1.29. The summed E-state index contributed by atoms with van der Waals surface area (Å²) in [4.78, 5) is 43.0. The van der Waals surface area contributed by atoms with Crippen molar-refractivity contribution in [1.82, 2.24) is 14.9 Å². The lowest BCUT2D eigenvalue weighted by molar-refractivity contribution is -0.157. The van der Waals surface area contributed by atoms with E-state index >= 15 is 0 Å². The van der Waals surface area contributed by atoms with Gasteiger partial charge in [0.1, 0.15) is 5.82 Å². The minimum Gasteiger partial charge on any atom is -0.443 e. The number of aromatic nitrogens is 2. The number of nitriles is 1. The third kappa shape index (κ3) is 6.03. The molecule has 0 fully saturated rings. The quantitative estimate of drug-likeness (QED) is 0.298. The molecule has 1 atom stereocenters. The van der Waals surface area contributed by atoms with Crippen molar-refractivity contribution in [1.29, 1.82) is 5.26 Å². The summed E-state index contributed by atoms with van der Waals surface area (Å²) in [6.45, 7) is 7.17. The Bertz CT molecular complexity index is 1780. The minimum absolute atomic E-state index is 0.00985. The molecule has 1 amide bonds. The predicted molar refractivity (Wildman–Crippen MR) is 160 cm³/mol. The van der Waals surface area contributed by atoms with Gasteiger partial charge in [-0.2, -0.15) is 5.26 Å². The number of carbonyl (C=O) groups is 2. The molecule has 1 aliphatic rings. The van der Waals surface area contributed by atoms with Crippen molar-refractivity contribution in [2.24, 2.45) is 5.41 Å². The topological polar surface area (TPSA) is 126 Å². The van der Waals surface area contributed by atoms with Crippen LogP contribution in [-0.2, 0) is 29.2 Å². The Labute approximate surface area is 244 Å². The second-order valence-electron chi connectivity index (χ2n) is 11.6. The molecular formula is C33H33N5O4. The van der Waals surface area contributed by atoms with Gasteiger partial charge in [-0.05, 0) is 106 Å². The zero-order valence-corrected chi connectivity index (χ0v) is 24.2. The van der Waals surface area contributed by atoms with Gasteiger partial charge in [0.15, 0.2) is 6.73 Å². The molecule has 0 spiro atoms. The van der Waals surface area contributed by atoms with E-state index in [0.717, 1.165) is 35.2 Å². The monoisotopic (exact) mass is 563 g/mol. The van der Waals surface area contributed by atoms with Gasteiger partial charge in [-0.25, -0.2) is 4.98 Å². The molecule has 3 aromatic carbocycles. The molecule has 42 heavy (non-hydrogen) atoms. The highest BCUT2D eigenvalue weighted by Crippen LogP contribution is 2.35. The Morgan fingerprint density at radius 3 is 2.60 bits per heavy atom. The highest BCUT2D eigenvalue weighted by molar-refractivity contribution is 5.94. The summed E-state index contributed by atoms with van der Waals surface area (Å²) >= 11 is 0. The van der Waals surface area contributed by atoms with E-state index in [1.165, 1.54) is 4.57 Å². The summed E-state index contributed by atoms with van der Waals surface area (Å²) in [5.41, 5.74) is 4.68. The Morgan fingerprint density at radius 1 is 1.12 bits per heavy atom. The van der Waals surface area contributed by atoms with Crippen molar-refractivity contribution in [3.05, 3.63) is 105 Å². The lowest BCUT2D eigenvalue weighted by Gasteiger charge is -2.19. The van der Waals surface area contributed by atoms with Crippen molar-refractivity contribution >= 4 is 28.5 Å². The van der Waals surface area contributed by atoms with Crippen LogP contribution in [0.15, 0.2) is 65.5 Å². The molecule has 0 saturated carbocycles. The molecule has 5 rings (SSSR count). The molecule has 0 bridgehead atoms. The van der Waals surface area contributed by atoms with Crippen molar-refractivity contribution < 1.29 is 14.3 Å². The molecule has 0 radical (unpaired) electrons. The van der Waals surface area contributed by atoms with E-state index in [1.807, 2.05) is 30.3 Å². The first-order valence-corrected chi connectivity index (χ1v) is 13.9. The Hall–Kier alpha value is -4.97. The number of benzene rings is 3. The highest BCUT2D eigenvalue weighted by atomic mass is 16.5. The number of fused-ring (bicyclic) bond motifs is 2. The zero-order chi connectivity index (χ0) is 30.0. The van der Waals surface area contributed by atoms with Gasteiger partial charge in [-0.3, -0.25) is 19.0 Å². The van der Waals surface area contributed by atoms with Crippen LogP contribution in [0, 0.1) is 23.7 Å². The highest BCUT2D eigenvalue weighted by Gasteiger charge is 2.26. The second kappa shape index (κ2) is 11.5. The second-order valence-corrected chi connectivity index (χ2v) is 11.6. The van der Waals surface area contributed by atoms with E-state index < -0.39 is 5.41 Å². The smallest absolute Gasteiger partial charge is 0.312 e. The number of hydrogen-bond donors (Lipinski definition) is 2. The van der Waals surface area contributed by atoms with Crippen LogP contribution in [0.1, 0.15) is 71.7 Å². The van der Waals surface area contributed by atoms with Gasteiger partial charge in [-0.15, -0.1) is 0 Å². The number of esters is 1. The summed E-state index contributed by atoms with van der Waals surface area (Å²) < 4.78 is 6.79. The molecule has 9 heteroatoms. The third-order valence-corrected chi connectivity index (χ3v) is 7.42. The number of anilines is 1. The average Bonchev–Trinajstić information content (AvgIpc) is 3.35. The van der Waals surface area contributed by atoms with E-state index in [9.17, 15) is 14.4 Å². The van der Waals surface area contributed by atoms with Crippen LogP contribution in [0.3, 0.4) is 0 Å². The molecule has 1 unspecified atom stereocenters. The molecule has 0 aliphatic heterocycles. The van der Waals surface area contributed by atoms with Gasteiger partial charge in [0, 0.05) is 17.8 Å². The fourth-order valence-corrected chi connectivity index (χ4v) is 5.03. The number of rotatable bonds is 7. The molecule has 1 aliphatic carbocycles. The van der Waals surface area contributed by atoms with Gasteiger partial charge in [0.05, 0.1) is 34.0 Å². The maximum Gasteiger partial charge on any atom is 0.312 e. The molecule has 1 heterocycles. The van der Waals surface area contributed by atoms with Gasteiger partial charge >= 0.3 is 5.97 Å². The van der Waals surface area contributed by atoms with Crippen LogP contribution >= 0.6 is 0 Å². The SMILES string of the molecule is Cc1nc2cc3c(cc2c(=O)n1COC(=O)C(C)(C)C)C(Nc1ccc(C(=O)NCc2cccc(C#N)c2)cc1)CC3. The van der Waals surface area contributed by atoms with Crippen molar-refractivity contribution in [3.8, 4) is 6.07 Å². The number of ether oxygens (including phenoxy) is 1. The zero-order valence-electron chi connectivity index (χ0n) is 24.2. The Kier molecular flexibility index (Phi) is 7.81. The first kappa shape index (κ1) is 28.6. The molecule has 4 aromatic rings. The van der Waals surface area contributed by atoms with Crippen LogP contribution in [0.2, 0.25) is 0 Å². The van der Waals surface area contributed by atoms with Gasteiger partial charge in [0.2, 0.25) is 0 Å². The number of hydrogen-bond acceptors (Lipinski definition) is 7. The maximum atomic E-state index is 13.4. The van der Waals surface area contributed by atoms with Gasteiger partial charge in [0.25, 0.3) is 11.5 Å². The number of nitrogens with zero attached hydrogens (tertiary/aromatic N) is 3. The molecule has 9 nitrogen and oxygen atoms in total. The summed E-state index contributed by atoms with van der Waals surface area (Å²) in [6.07, 6.45) is 1.70. The van der Waals surface area contributed by atoms with Crippen LogP contribution in [0.5, 0.6) is 0 Å². The van der Waals surface area contributed by atoms with Crippen molar-refractivity contribution in [3.63, 3.8) is 0 Å². The Morgan fingerprint density at radius 2 is 1.88 bits per heavy atom. The molecule has 1 aromatic heterocycles. The maximum absolute atomic E-state index is 13.4. The fraction of sp³-hybridized carbons (Fsp3) is 0.303. The number of carbonyl (C=O) groups excluding carboxylic acids is 2. The van der Waals surface area contributed by atoms with E-state index in [2.05, 4.69) is 21.7 Å². The molecule has 214 valence electrons. The average molecular weight is 564 g/mol. The van der Waals surface area contributed by atoms with Crippen LogP contribution < -0.4 is 16.2 Å². The molecular weight excluding hydrogens is 530 g/mol. The summed E-state index contributed by atoms with van der Waals surface area (Å²) in [5.74, 6) is -0.100. The van der Waals surface area contributed by atoms with E-state index in [-0.39, 0.29) is 30.2 Å². The lowest BCUT2D eigenvalue weighted by atomic mass is 9.98. The van der Waals surface area contributed by atoms with Gasteiger partial charge < -0.3 is 15.4 Å². The van der Waals surface area contributed by atoms with Gasteiger partial charge in [-0.1, -0.05) is 12.1 Å². The molecule has 2 N–H and O–H groups in total. The van der Waals surface area contributed by atoms with Crippen LogP contribution in [0.25, 0.3) is 10.9 Å². The first-order valence-electron chi connectivity index (χ1n) is 13.9. The number of aryl methyl sites for hydroxylation is 2. The summed E-state index contributed by atoms with van der Waals surface area (Å²) in [7, 11) is 0. The van der Waals surface area contributed by atoms with Crippen LogP contribution in [0.4, 0.5) is 5.69 Å². The largest absolute Gasteiger partial charge is 0.443 e. The minimum atomic E-state index is -0.672. The normalized spacial score (nSPS) is 14.2. The van der Waals surface area contributed by atoms with Crippen molar-refractivity contribution in [2.45, 2.75) is 59.9 Å². The number of amides is 1. The third-order valence-electron chi connectivity index (χ3n) is 7.42. The summed E-state index contributed by atoms with van der Waals surface area (Å²) in [6, 6.07) is 20.4. The fourth-order valence-electron chi connectivity index (χ4n) is 5.03.